The van der Waals surface area contributed by atoms with E-state index in [9.17, 15) is 0 Å². The third-order valence-corrected chi connectivity index (χ3v) is 3.80. The van der Waals surface area contributed by atoms with Gasteiger partial charge < -0.3 is 4.42 Å². The molecule has 1 aromatic heterocycles. The minimum absolute atomic E-state index is 0.533. The van der Waals surface area contributed by atoms with Crippen LogP contribution in [0.1, 0.15) is 5.56 Å². The van der Waals surface area contributed by atoms with Crippen LogP contribution in [0.4, 0.5) is 5.69 Å². The fourth-order valence-electron chi connectivity index (χ4n) is 2.17. The summed E-state index contributed by atoms with van der Waals surface area (Å²) in [4.78, 5) is 8.88. The second-order valence-corrected chi connectivity index (χ2v) is 5.69. The molecule has 3 rings (SSSR count). The van der Waals surface area contributed by atoms with Gasteiger partial charge in [-0.15, -0.1) is 0 Å². The van der Waals surface area contributed by atoms with E-state index in [1.54, 1.807) is 0 Å². The molecule has 0 aliphatic rings. The number of oxazole rings is 1. The molecule has 0 atom stereocenters. The zero-order valence-electron chi connectivity index (χ0n) is 12.7. The molecule has 2 aromatic carbocycles. The van der Waals surface area contributed by atoms with E-state index in [1.165, 1.54) is 11.8 Å². The smallest absolute Gasteiger partial charge is 0.227 e. The van der Waals surface area contributed by atoms with Gasteiger partial charge in [-0.2, -0.15) is 5.26 Å². The summed E-state index contributed by atoms with van der Waals surface area (Å²) >= 11 is 1.37. The van der Waals surface area contributed by atoms with Crippen molar-refractivity contribution in [2.24, 2.45) is 4.99 Å². The van der Waals surface area contributed by atoms with E-state index in [0.717, 1.165) is 16.6 Å². The van der Waals surface area contributed by atoms with Gasteiger partial charge in [0, 0.05) is 11.6 Å². The molecule has 0 saturated heterocycles. The molecule has 1 heterocycles. The van der Waals surface area contributed by atoms with Gasteiger partial charge in [-0.3, -0.25) is 5.32 Å². The minimum atomic E-state index is 0.533. The first-order chi connectivity index (χ1) is 11.2. The summed E-state index contributed by atoms with van der Waals surface area (Å²) in [7, 11) is 0. The summed E-state index contributed by atoms with van der Waals surface area (Å²) in [5.74, 6) is 0.588. The number of fused-ring (bicyclic) bond motifs is 1. The Kier molecular flexibility index (Phi) is 4.31. The van der Waals surface area contributed by atoms with Gasteiger partial charge in [0.25, 0.3) is 0 Å². The van der Waals surface area contributed by atoms with Crippen LogP contribution in [0.3, 0.4) is 0 Å². The second-order valence-electron chi connectivity index (χ2n) is 4.90. The molecular weight excluding hydrogens is 308 g/mol. The van der Waals surface area contributed by atoms with Crippen LogP contribution in [0.2, 0.25) is 0 Å². The van der Waals surface area contributed by atoms with Crippen LogP contribution in [0.15, 0.2) is 51.9 Å². The number of hydrogen-bond donors (Lipinski definition) is 1. The number of amidine groups is 1. The van der Waals surface area contributed by atoms with Gasteiger partial charge in [0.15, 0.2) is 16.9 Å². The van der Waals surface area contributed by atoms with Crippen molar-refractivity contribution in [3.05, 3.63) is 48.0 Å². The number of nitrogens with one attached hydrogen (secondary N) is 1. The number of aryl methyl sites for hydroxylation is 1. The molecular formula is C17H14N4OS. The fourth-order valence-corrected chi connectivity index (χ4v) is 2.52. The molecule has 0 spiro atoms. The first-order valence-electron chi connectivity index (χ1n) is 6.95. The van der Waals surface area contributed by atoms with Crippen molar-refractivity contribution in [3.8, 4) is 17.6 Å². The topological polar surface area (TPSA) is 74.2 Å². The Morgan fingerprint density at radius 3 is 2.91 bits per heavy atom. The number of nitriles is 1. The molecule has 0 aliphatic heterocycles. The van der Waals surface area contributed by atoms with E-state index in [4.69, 9.17) is 9.68 Å². The Balaban J connectivity index is 2.00. The lowest BCUT2D eigenvalue weighted by molar-refractivity contribution is 0.620. The molecule has 0 bridgehead atoms. The maximum absolute atomic E-state index is 8.69. The zero-order valence-corrected chi connectivity index (χ0v) is 13.5. The van der Waals surface area contributed by atoms with Gasteiger partial charge in [-0.05, 0) is 37.4 Å². The molecule has 0 fully saturated rings. The van der Waals surface area contributed by atoms with Crippen LogP contribution < -0.4 is 5.32 Å². The molecule has 1 N–H and O–H groups in total. The Labute approximate surface area is 138 Å². The van der Waals surface area contributed by atoms with Crippen molar-refractivity contribution in [1.82, 2.24) is 10.3 Å². The Morgan fingerprint density at radius 1 is 1.30 bits per heavy atom. The molecule has 0 amide bonds. The molecule has 3 aromatic rings. The summed E-state index contributed by atoms with van der Waals surface area (Å²) in [5.41, 5.74) is 4.25. The molecule has 0 unspecified atom stereocenters. The van der Waals surface area contributed by atoms with Crippen molar-refractivity contribution >= 4 is 33.7 Å². The average molecular weight is 322 g/mol. The van der Waals surface area contributed by atoms with Crippen LogP contribution in [0, 0.1) is 18.4 Å². The standard InChI is InChI=1S/C17H14N4OS/c1-11-4-3-5-12(8-11)16-21-14-7-6-13(9-15(14)22-16)20-17(23-2)19-10-18/h3-9H,1-2H3,(H,19,20). The lowest BCUT2D eigenvalue weighted by Crippen LogP contribution is -2.12. The Bertz CT molecular complexity index is 924. The highest BCUT2D eigenvalue weighted by Crippen LogP contribution is 2.28. The average Bonchev–Trinajstić information content (AvgIpc) is 2.97. The number of rotatable bonds is 2. The van der Waals surface area contributed by atoms with Crippen molar-refractivity contribution < 1.29 is 4.42 Å². The maximum Gasteiger partial charge on any atom is 0.227 e. The molecule has 114 valence electrons. The summed E-state index contributed by atoms with van der Waals surface area (Å²) in [6.07, 6.45) is 3.72. The summed E-state index contributed by atoms with van der Waals surface area (Å²) in [5, 5.41) is 11.8. The number of hydrogen-bond acceptors (Lipinski definition) is 5. The summed E-state index contributed by atoms with van der Waals surface area (Å²) in [6, 6.07) is 13.5. The Morgan fingerprint density at radius 2 is 2.17 bits per heavy atom. The fraction of sp³-hybridized carbons (Fsp3) is 0.118. The third kappa shape index (κ3) is 3.35. The van der Waals surface area contributed by atoms with Crippen LogP contribution in [0.25, 0.3) is 22.6 Å². The molecule has 6 heteroatoms. The molecule has 23 heavy (non-hydrogen) atoms. The minimum Gasteiger partial charge on any atom is -0.436 e. The maximum atomic E-state index is 8.69. The monoisotopic (exact) mass is 322 g/mol. The quantitative estimate of drug-likeness (QED) is 0.331. The highest BCUT2D eigenvalue weighted by atomic mass is 32.2. The van der Waals surface area contributed by atoms with E-state index in [2.05, 4.69) is 15.3 Å². The van der Waals surface area contributed by atoms with E-state index in [-0.39, 0.29) is 0 Å². The normalized spacial score (nSPS) is 11.4. The van der Waals surface area contributed by atoms with Gasteiger partial charge in [0.1, 0.15) is 5.52 Å². The molecule has 5 nitrogen and oxygen atoms in total. The zero-order chi connectivity index (χ0) is 16.2. The first-order valence-corrected chi connectivity index (χ1v) is 8.17. The van der Waals surface area contributed by atoms with E-state index in [0.29, 0.717) is 22.3 Å². The summed E-state index contributed by atoms with van der Waals surface area (Å²) < 4.78 is 5.85. The number of benzene rings is 2. The van der Waals surface area contributed by atoms with Gasteiger partial charge in [-0.1, -0.05) is 29.5 Å². The van der Waals surface area contributed by atoms with Crippen LogP contribution in [0.5, 0.6) is 0 Å². The highest BCUT2D eigenvalue weighted by molar-refractivity contribution is 8.13. The van der Waals surface area contributed by atoms with Crippen LogP contribution in [-0.4, -0.2) is 16.4 Å². The van der Waals surface area contributed by atoms with E-state index < -0.39 is 0 Å². The lowest BCUT2D eigenvalue weighted by atomic mass is 10.1. The van der Waals surface area contributed by atoms with Gasteiger partial charge in [-0.25, -0.2) is 9.98 Å². The number of nitrogens with zero attached hydrogens (tertiary/aromatic N) is 3. The van der Waals surface area contributed by atoms with Crippen molar-refractivity contribution in [2.45, 2.75) is 6.92 Å². The third-order valence-electron chi connectivity index (χ3n) is 3.22. The van der Waals surface area contributed by atoms with Crippen molar-refractivity contribution in [1.29, 1.82) is 5.26 Å². The van der Waals surface area contributed by atoms with Crippen molar-refractivity contribution in [2.75, 3.05) is 6.26 Å². The van der Waals surface area contributed by atoms with Gasteiger partial charge in [0.2, 0.25) is 5.89 Å². The summed E-state index contributed by atoms with van der Waals surface area (Å²) in [6.45, 7) is 2.03. The van der Waals surface area contributed by atoms with Crippen LogP contribution in [-0.2, 0) is 0 Å². The lowest BCUT2D eigenvalue weighted by Gasteiger charge is -1.99. The predicted octanol–water partition coefficient (Wildman–Crippen LogP) is 4.22. The SMILES string of the molecule is CSC(=Nc1ccc2nc(-c3cccc(C)c3)oc2c1)NC#N. The van der Waals surface area contributed by atoms with Gasteiger partial charge >= 0.3 is 0 Å². The predicted molar refractivity (Wildman–Crippen MR) is 93.5 cm³/mol. The molecule has 0 radical (unpaired) electrons. The second kappa shape index (κ2) is 6.55. The first kappa shape index (κ1) is 15.1. The largest absolute Gasteiger partial charge is 0.436 e. The Hall–Kier alpha value is -2.78. The molecule has 0 saturated carbocycles. The number of thioether (sulfide) groups is 1. The van der Waals surface area contributed by atoms with E-state index >= 15 is 0 Å². The number of aliphatic imine (C=N–C) groups is 1. The van der Waals surface area contributed by atoms with E-state index in [1.807, 2.05) is 61.8 Å². The van der Waals surface area contributed by atoms with Crippen molar-refractivity contribution in [3.63, 3.8) is 0 Å². The highest BCUT2D eigenvalue weighted by Gasteiger charge is 2.09. The molecule has 0 aliphatic carbocycles. The van der Waals surface area contributed by atoms with Gasteiger partial charge in [0.05, 0.1) is 5.69 Å². The van der Waals surface area contributed by atoms with Crippen LogP contribution >= 0.6 is 11.8 Å². The number of aromatic nitrogens is 1.